The minimum atomic E-state index is -0.698. The molecule has 0 unspecified atom stereocenters. The average molecular weight is 391 g/mol. The fourth-order valence-electron chi connectivity index (χ4n) is 2.16. The summed E-state index contributed by atoms with van der Waals surface area (Å²) < 4.78 is 15.4. The molecule has 1 N–H and O–H groups in total. The largest absolute Gasteiger partial charge is 0.484 e. The first-order valence-electron chi connectivity index (χ1n) is 8.41. The maximum Gasteiger partial charge on any atom is 0.342 e. The predicted octanol–water partition coefficient (Wildman–Crippen LogP) is 3.43. The van der Waals surface area contributed by atoms with Gasteiger partial charge in [0.1, 0.15) is 16.3 Å². The van der Waals surface area contributed by atoms with Gasteiger partial charge in [0.05, 0.1) is 18.8 Å². The van der Waals surface area contributed by atoms with Gasteiger partial charge in [0.15, 0.2) is 6.61 Å². The molecule has 0 saturated heterocycles. The second-order valence-corrected chi connectivity index (χ2v) is 6.32. The Morgan fingerprint density at radius 3 is 2.26 bits per heavy atom. The van der Waals surface area contributed by atoms with Gasteiger partial charge in [-0.25, -0.2) is 9.59 Å². The molecule has 1 amide bonds. The summed E-state index contributed by atoms with van der Waals surface area (Å²) >= 11 is 1.05. The third-order valence-corrected chi connectivity index (χ3v) is 4.31. The quantitative estimate of drug-likeness (QED) is 0.694. The molecule has 0 saturated carbocycles. The summed E-state index contributed by atoms with van der Waals surface area (Å²) in [6.45, 7) is 5.34. The van der Waals surface area contributed by atoms with Crippen molar-refractivity contribution in [1.82, 2.24) is 0 Å². The van der Waals surface area contributed by atoms with Crippen LogP contribution in [-0.4, -0.2) is 37.7 Å². The number of ether oxygens (including phenoxy) is 3. The Morgan fingerprint density at radius 2 is 1.63 bits per heavy atom. The van der Waals surface area contributed by atoms with Gasteiger partial charge in [0.2, 0.25) is 0 Å². The molecule has 0 aliphatic carbocycles. The molecule has 1 heterocycles. The Hall–Kier alpha value is -2.87. The van der Waals surface area contributed by atoms with Gasteiger partial charge in [0.25, 0.3) is 5.91 Å². The van der Waals surface area contributed by atoms with Gasteiger partial charge in [-0.05, 0) is 32.9 Å². The molecule has 1 aromatic heterocycles. The van der Waals surface area contributed by atoms with Crippen LogP contribution in [0.15, 0.2) is 29.6 Å². The van der Waals surface area contributed by atoms with E-state index in [4.69, 9.17) is 14.2 Å². The van der Waals surface area contributed by atoms with Crippen molar-refractivity contribution in [1.29, 1.82) is 0 Å². The molecule has 0 fully saturated rings. The van der Waals surface area contributed by atoms with Crippen LogP contribution >= 0.6 is 11.3 Å². The van der Waals surface area contributed by atoms with Crippen LogP contribution in [0.2, 0.25) is 0 Å². The first-order valence-corrected chi connectivity index (χ1v) is 9.29. The van der Waals surface area contributed by atoms with Crippen molar-refractivity contribution in [2.45, 2.75) is 20.8 Å². The Morgan fingerprint density at radius 1 is 1.00 bits per heavy atom. The lowest BCUT2D eigenvalue weighted by molar-refractivity contribution is -0.118. The van der Waals surface area contributed by atoms with Crippen molar-refractivity contribution in [3.63, 3.8) is 0 Å². The van der Waals surface area contributed by atoms with Crippen molar-refractivity contribution in [2.75, 3.05) is 25.1 Å². The molecular weight excluding hydrogens is 370 g/mol. The molecule has 1 aromatic carbocycles. The lowest BCUT2D eigenvalue weighted by Gasteiger charge is -2.09. The summed E-state index contributed by atoms with van der Waals surface area (Å²) in [6, 6.07) is 7.27. The van der Waals surface area contributed by atoms with Crippen LogP contribution in [0.5, 0.6) is 5.75 Å². The number of hydrogen-bond acceptors (Lipinski definition) is 7. The van der Waals surface area contributed by atoms with E-state index in [9.17, 15) is 14.4 Å². The number of rotatable bonds is 8. The SMILES string of the molecule is CCOC(=O)c1csc(NC(=O)COc2ccc(C)cc2)c1C(=O)OCC. The number of anilines is 1. The molecule has 27 heavy (non-hydrogen) atoms. The van der Waals surface area contributed by atoms with Crippen LogP contribution in [0.3, 0.4) is 0 Å². The van der Waals surface area contributed by atoms with Crippen molar-refractivity contribution in [3.05, 3.63) is 46.3 Å². The number of thiophene rings is 1. The molecule has 0 aliphatic heterocycles. The van der Waals surface area contributed by atoms with Crippen LogP contribution in [0.1, 0.15) is 40.1 Å². The van der Waals surface area contributed by atoms with Crippen LogP contribution < -0.4 is 10.1 Å². The molecule has 0 atom stereocenters. The molecular formula is C19H21NO6S. The number of carbonyl (C=O) groups is 3. The highest BCUT2D eigenvalue weighted by atomic mass is 32.1. The standard InChI is InChI=1S/C19H21NO6S/c1-4-24-18(22)14-11-27-17(16(14)19(23)25-5-2)20-15(21)10-26-13-8-6-12(3)7-9-13/h6-9,11H,4-5,10H2,1-3H3,(H,20,21). The summed E-state index contributed by atoms with van der Waals surface area (Å²) in [4.78, 5) is 36.5. The molecule has 8 heteroatoms. The van der Waals surface area contributed by atoms with E-state index in [1.54, 1.807) is 26.0 Å². The Balaban J connectivity index is 2.11. The molecule has 0 radical (unpaired) electrons. The second-order valence-electron chi connectivity index (χ2n) is 5.44. The fourth-order valence-corrected chi connectivity index (χ4v) is 3.09. The third-order valence-electron chi connectivity index (χ3n) is 3.41. The van der Waals surface area contributed by atoms with E-state index >= 15 is 0 Å². The Labute approximate surface area is 161 Å². The summed E-state index contributed by atoms with van der Waals surface area (Å²) in [5.41, 5.74) is 1.13. The maximum absolute atomic E-state index is 12.2. The molecule has 7 nitrogen and oxygen atoms in total. The van der Waals surface area contributed by atoms with Gasteiger partial charge in [-0.2, -0.15) is 0 Å². The number of carbonyl (C=O) groups excluding carboxylic acids is 3. The van der Waals surface area contributed by atoms with Crippen molar-refractivity contribution in [2.24, 2.45) is 0 Å². The molecule has 0 aliphatic rings. The van der Waals surface area contributed by atoms with Crippen molar-refractivity contribution < 1.29 is 28.6 Å². The monoisotopic (exact) mass is 391 g/mol. The van der Waals surface area contributed by atoms with E-state index in [-0.39, 0.29) is 35.9 Å². The summed E-state index contributed by atoms with van der Waals surface area (Å²) in [5, 5.41) is 4.27. The normalized spacial score (nSPS) is 10.2. The predicted molar refractivity (Wildman–Crippen MR) is 102 cm³/mol. The molecule has 144 valence electrons. The molecule has 0 bridgehead atoms. The molecule has 2 aromatic rings. The summed E-state index contributed by atoms with van der Waals surface area (Å²) in [5.74, 6) is -1.25. The van der Waals surface area contributed by atoms with Gasteiger partial charge in [-0.1, -0.05) is 17.7 Å². The van der Waals surface area contributed by atoms with Crippen LogP contribution in [0.4, 0.5) is 5.00 Å². The first-order chi connectivity index (χ1) is 13.0. The van der Waals surface area contributed by atoms with Gasteiger partial charge in [0, 0.05) is 5.38 Å². The number of nitrogens with one attached hydrogen (secondary N) is 1. The van der Waals surface area contributed by atoms with Gasteiger partial charge in [-0.15, -0.1) is 11.3 Å². The van der Waals surface area contributed by atoms with Crippen LogP contribution in [0, 0.1) is 6.92 Å². The highest BCUT2D eigenvalue weighted by Gasteiger charge is 2.26. The van der Waals surface area contributed by atoms with E-state index in [1.807, 2.05) is 19.1 Å². The van der Waals surface area contributed by atoms with Gasteiger partial charge < -0.3 is 19.5 Å². The Kier molecular flexibility index (Phi) is 7.36. The highest BCUT2D eigenvalue weighted by Crippen LogP contribution is 2.30. The number of amides is 1. The number of benzene rings is 1. The second kappa shape index (κ2) is 9.72. The van der Waals surface area contributed by atoms with Crippen molar-refractivity contribution >= 4 is 34.2 Å². The van der Waals surface area contributed by atoms with E-state index in [0.29, 0.717) is 5.75 Å². The van der Waals surface area contributed by atoms with Gasteiger partial charge >= 0.3 is 11.9 Å². The van der Waals surface area contributed by atoms with E-state index in [1.165, 1.54) is 5.38 Å². The average Bonchev–Trinajstić information content (AvgIpc) is 3.05. The molecule has 2 rings (SSSR count). The third kappa shape index (κ3) is 5.55. The van der Waals surface area contributed by atoms with Crippen molar-refractivity contribution in [3.8, 4) is 5.75 Å². The van der Waals surface area contributed by atoms with Crippen LogP contribution in [0.25, 0.3) is 0 Å². The first kappa shape index (κ1) is 20.4. The molecule has 0 spiro atoms. The van der Waals surface area contributed by atoms with E-state index in [2.05, 4.69) is 5.32 Å². The maximum atomic E-state index is 12.2. The zero-order chi connectivity index (χ0) is 19.8. The minimum Gasteiger partial charge on any atom is -0.484 e. The fraction of sp³-hybridized carbons (Fsp3) is 0.316. The zero-order valence-electron chi connectivity index (χ0n) is 15.4. The number of esters is 2. The number of aryl methyl sites for hydroxylation is 1. The summed E-state index contributed by atoms with van der Waals surface area (Å²) in [6.07, 6.45) is 0. The zero-order valence-corrected chi connectivity index (χ0v) is 16.2. The summed E-state index contributed by atoms with van der Waals surface area (Å²) in [7, 11) is 0. The van der Waals surface area contributed by atoms with E-state index in [0.717, 1.165) is 16.9 Å². The lowest BCUT2D eigenvalue weighted by Crippen LogP contribution is -2.22. The highest BCUT2D eigenvalue weighted by molar-refractivity contribution is 7.15. The topological polar surface area (TPSA) is 90.9 Å². The Bertz CT molecular complexity index is 812. The lowest BCUT2D eigenvalue weighted by atomic mass is 10.2. The van der Waals surface area contributed by atoms with Gasteiger partial charge in [-0.3, -0.25) is 4.79 Å². The smallest absolute Gasteiger partial charge is 0.342 e. The minimum absolute atomic E-state index is 0.0102. The van der Waals surface area contributed by atoms with Crippen LogP contribution in [-0.2, 0) is 14.3 Å². The van der Waals surface area contributed by atoms with E-state index < -0.39 is 17.8 Å². The number of hydrogen-bond donors (Lipinski definition) is 1.